The van der Waals surface area contributed by atoms with Crippen molar-refractivity contribution < 1.29 is 19.4 Å². The van der Waals surface area contributed by atoms with Crippen molar-refractivity contribution in [3.63, 3.8) is 0 Å². The third-order valence-corrected chi connectivity index (χ3v) is 4.90. The molecule has 0 radical (unpaired) electrons. The first-order valence-electron chi connectivity index (χ1n) is 9.90. The predicted molar refractivity (Wildman–Crippen MR) is 98.0 cm³/mol. The van der Waals surface area contributed by atoms with Gasteiger partial charge < -0.3 is 9.84 Å². The molecule has 0 aromatic rings. The molecule has 0 aromatic carbocycles. The lowest BCUT2D eigenvalue weighted by Gasteiger charge is -2.37. The number of carbonyl (C=O) groups is 2. The van der Waals surface area contributed by atoms with Crippen molar-refractivity contribution in [2.75, 3.05) is 6.61 Å². The number of hydrogen-bond donors (Lipinski definition) is 1. The number of ether oxygens (including phenoxy) is 1. The molecule has 1 unspecified atom stereocenters. The molecule has 0 spiro atoms. The molecular formula is C20H38O4. The van der Waals surface area contributed by atoms with E-state index < -0.39 is 17.3 Å². The quantitative estimate of drug-likeness (QED) is 0.311. The van der Waals surface area contributed by atoms with Crippen molar-refractivity contribution in [1.29, 1.82) is 0 Å². The van der Waals surface area contributed by atoms with Crippen molar-refractivity contribution in [1.82, 2.24) is 0 Å². The van der Waals surface area contributed by atoms with E-state index >= 15 is 0 Å². The standard InChI is InChI=1S/C20H38O4/c1-5-9-13-17(18(21)22)20(14-10-6-2,15-11-7-3)19(23)24-16-12-8-4/h17H,5-16H2,1-4H3,(H,21,22). The van der Waals surface area contributed by atoms with Gasteiger partial charge in [0.05, 0.1) is 17.9 Å². The van der Waals surface area contributed by atoms with Gasteiger partial charge in [-0.2, -0.15) is 0 Å². The van der Waals surface area contributed by atoms with Gasteiger partial charge in [-0.1, -0.05) is 72.6 Å². The fourth-order valence-electron chi connectivity index (χ4n) is 3.30. The van der Waals surface area contributed by atoms with E-state index in [1.54, 1.807) is 0 Å². The van der Waals surface area contributed by atoms with Gasteiger partial charge in [-0.3, -0.25) is 9.59 Å². The number of rotatable bonds is 15. The summed E-state index contributed by atoms with van der Waals surface area (Å²) < 4.78 is 5.55. The van der Waals surface area contributed by atoms with Gasteiger partial charge in [0.25, 0.3) is 0 Å². The van der Waals surface area contributed by atoms with Crippen LogP contribution in [0.5, 0.6) is 0 Å². The van der Waals surface area contributed by atoms with Gasteiger partial charge in [0.2, 0.25) is 0 Å². The molecule has 0 aromatic heterocycles. The number of hydrogen-bond acceptors (Lipinski definition) is 3. The fourth-order valence-corrected chi connectivity index (χ4v) is 3.30. The SMILES string of the molecule is CCCCOC(=O)C(CCCC)(CCCC)C(CCCC)C(=O)O. The van der Waals surface area contributed by atoms with Crippen LogP contribution in [0.2, 0.25) is 0 Å². The Bertz CT molecular complexity index is 344. The smallest absolute Gasteiger partial charge is 0.312 e. The molecule has 0 aliphatic heterocycles. The summed E-state index contributed by atoms with van der Waals surface area (Å²) in [6, 6.07) is 0. The van der Waals surface area contributed by atoms with E-state index in [1.807, 2.05) is 0 Å². The zero-order valence-electron chi connectivity index (χ0n) is 16.2. The number of unbranched alkanes of at least 4 members (excludes halogenated alkanes) is 4. The minimum Gasteiger partial charge on any atom is -0.481 e. The normalized spacial score (nSPS) is 12.8. The Hall–Kier alpha value is -1.06. The molecule has 0 saturated heterocycles. The predicted octanol–water partition coefficient (Wildman–Crippen LogP) is 5.59. The third kappa shape index (κ3) is 7.23. The van der Waals surface area contributed by atoms with Crippen LogP contribution >= 0.6 is 0 Å². The maximum absolute atomic E-state index is 13.0. The highest BCUT2D eigenvalue weighted by atomic mass is 16.5. The number of esters is 1. The van der Waals surface area contributed by atoms with Gasteiger partial charge >= 0.3 is 11.9 Å². The number of carboxylic acid groups (broad SMARTS) is 1. The highest BCUT2D eigenvalue weighted by Crippen LogP contribution is 2.43. The molecule has 0 rings (SSSR count). The number of carboxylic acids is 1. The van der Waals surface area contributed by atoms with Gasteiger partial charge in [-0.25, -0.2) is 0 Å². The molecule has 0 aliphatic rings. The van der Waals surface area contributed by atoms with Crippen LogP contribution in [0.4, 0.5) is 0 Å². The summed E-state index contributed by atoms with van der Waals surface area (Å²) in [5.41, 5.74) is -0.860. The second-order valence-corrected chi connectivity index (χ2v) is 6.89. The van der Waals surface area contributed by atoms with Crippen LogP contribution in [-0.2, 0) is 14.3 Å². The molecule has 0 heterocycles. The topological polar surface area (TPSA) is 63.6 Å². The minimum atomic E-state index is -0.860. The van der Waals surface area contributed by atoms with Crippen molar-refractivity contribution in [3.8, 4) is 0 Å². The van der Waals surface area contributed by atoms with E-state index in [0.717, 1.165) is 51.4 Å². The highest BCUT2D eigenvalue weighted by molar-refractivity contribution is 5.84. The van der Waals surface area contributed by atoms with Crippen LogP contribution in [-0.4, -0.2) is 23.7 Å². The van der Waals surface area contributed by atoms with E-state index in [1.165, 1.54) is 0 Å². The molecule has 142 valence electrons. The molecule has 0 saturated carbocycles. The van der Waals surface area contributed by atoms with Crippen molar-refractivity contribution in [3.05, 3.63) is 0 Å². The first kappa shape index (κ1) is 22.9. The minimum absolute atomic E-state index is 0.277. The molecule has 0 bridgehead atoms. The summed E-state index contributed by atoms with van der Waals surface area (Å²) in [5, 5.41) is 9.85. The van der Waals surface area contributed by atoms with Gasteiger partial charge in [0, 0.05) is 0 Å². The highest BCUT2D eigenvalue weighted by Gasteiger charge is 2.48. The maximum Gasteiger partial charge on any atom is 0.312 e. The molecular weight excluding hydrogens is 304 g/mol. The van der Waals surface area contributed by atoms with Gasteiger partial charge in [-0.05, 0) is 25.7 Å². The molecule has 0 fully saturated rings. The van der Waals surface area contributed by atoms with E-state index in [4.69, 9.17) is 4.74 Å². The average Bonchev–Trinajstić information content (AvgIpc) is 2.56. The monoisotopic (exact) mass is 342 g/mol. The van der Waals surface area contributed by atoms with Crippen molar-refractivity contribution in [2.45, 2.75) is 98.3 Å². The van der Waals surface area contributed by atoms with Crippen LogP contribution in [0.15, 0.2) is 0 Å². The zero-order chi connectivity index (χ0) is 18.4. The summed E-state index contributed by atoms with van der Waals surface area (Å²) in [5.74, 6) is -1.76. The Balaban J connectivity index is 5.55. The summed E-state index contributed by atoms with van der Waals surface area (Å²) in [6.45, 7) is 8.66. The average molecular weight is 343 g/mol. The Labute approximate surface area is 148 Å². The molecule has 24 heavy (non-hydrogen) atoms. The molecule has 4 heteroatoms. The van der Waals surface area contributed by atoms with E-state index in [2.05, 4.69) is 27.7 Å². The van der Waals surface area contributed by atoms with E-state index in [9.17, 15) is 14.7 Å². The van der Waals surface area contributed by atoms with E-state index in [-0.39, 0.29) is 5.97 Å². The van der Waals surface area contributed by atoms with Crippen LogP contribution in [0, 0.1) is 11.3 Å². The Morgan fingerprint density at radius 1 is 0.875 bits per heavy atom. The van der Waals surface area contributed by atoms with Crippen LogP contribution in [0.25, 0.3) is 0 Å². The molecule has 0 aliphatic carbocycles. The second-order valence-electron chi connectivity index (χ2n) is 6.89. The van der Waals surface area contributed by atoms with Crippen LogP contribution in [0.3, 0.4) is 0 Å². The molecule has 1 N–H and O–H groups in total. The fraction of sp³-hybridized carbons (Fsp3) is 0.900. The lowest BCUT2D eigenvalue weighted by atomic mass is 9.67. The lowest BCUT2D eigenvalue weighted by Crippen LogP contribution is -2.44. The second kappa shape index (κ2) is 13.3. The van der Waals surface area contributed by atoms with Crippen molar-refractivity contribution in [2.24, 2.45) is 11.3 Å². The third-order valence-electron chi connectivity index (χ3n) is 4.90. The lowest BCUT2D eigenvalue weighted by molar-refractivity contribution is -0.170. The first-order chi connectivity index (χ1) is 11.5. The summed E-state index contributed by atoms with van der Waals surface area (Å²) >= 11 is 0. The largest absolute Gasteiger partial charge is 0.481 e. The van der Waals surface area contributed by atoms with Crippen molar-refractivity contribution >= 4 is 11.9 Å². The first-order valence-corrected chi connectivity index (χ1v) is 9.90. The number of carbonyl (C=O) groups excluding carboxylic acids is 1. The van der Waals surface area contributed by atoms with Gasteiger partial charge in [-0.15, -0.1) is 0 Å². The van der Waals surface area contributed by atoms with Crippen LogP contribution in [0.1, 0.15) is 98.3 Å². The Morgan fingerprint density at radius 2 is 1.38 bits per heavy atom. The van der Waals surface area contributed by atoms with Crippen LogP contribution < -0.4 is 0 Å². The maximum atomic E-state index is 13.0. The Kier molecular flexibility index (Phi) is 12.7. The molecule has 4 nitrogen and oxygen atoms in total. The number of aliphatic carboxylic acids is 1. The molecule has 1 atom stereocenters. The zero-order valence-corrected chi connectivity index (χ0v) is 16.2. The van der Waals surface area contributed by atoms with Gasteiger partial charge in [0.1, 0.15) is 0 Å². The summed E-state index contributed by atoms with van der Waals surface area (Å²) in [7, 11) is 0. The van der Waals surface area contributed by atoms with E-state index in [0.29, 0.717) is 25.9 Å². The Morgan fingerprint density at radius 3 is 1.79 bits per heavy atom. The van der Waals surface area contributed by atoms with Gasteiger partial charge in [0.15, 0.2) is 0 Å². The summed E-state index contributed by atoms with van der Waals surface area (Å²) in [6.07, 6.45) is 8.99. The summed E-state index contributed by atoms with van der Waals surface area (Å²) in [4.78, 5) is 25.0. The molecule has 0 amide bonds.